The topological polar surface area (TPSA) is 84.3 Å². The summed E-state index contributed by atoms with van der Waals surface area (Å²) in [4.78, 5) is 22.0. The normalized spacial score (nSPS) is 9.44. The van der Waals surface area contributed by atoms with Crippen molar-refractivity contribution < 1.29 is 9.72 Å². The molecular formula is C11H16ClN3O3. The number of nitro groups is 1. The molecule has 6 nitrogen and oxygen atoms in total. The fourth-order valence-electron chi connectivity index (χ4n) is 1.46. The number of nitrogens with one attached hydrogen (secondary N) is 2. The number of nitrogens with zero attached hydrogens (tertiary/aromatic N) is 1. The fourth-order valence-corrected chi connectivity index (χ4v) is 1.46. The van der Waals surface area contributed by atoms with E-state index in [1.54, 1.807) is 20.0 Å². The van der Waals surface area contributed by atoms with Crippen molar-refractivity contribution in [1.29, 1.82) is 0 Å². The van der Waals surface area contributed by atoms with E-state index in [0.717, 1.165) is 0 Å². The van der Waals surface area contributed by atoms with Crippen LogP contribution in [0, 0.1) is 17.0 Å². The van der Waals surface area contributed by atoms with Gasteiger partial charge in [-0.1, -0.05) is 6.07 Å². The van der Waals surface area contributed by atoms with Gasteiger partial charge in [0.05, 0.1) is 4.92 Å². The predicted molar refractivity (Wildman–Crippen MR) is 71.3 cm³/mol. The summed E-state index contributed by atoms with van der Waals surface area (Å²) < 4.78 is 0. The SMILES string of the molecule is CNCCNC(=O)c1cccc([N+](=O)[O-])c1C.Cl. The summed E-state index contributed by atoms with van der Waals surface area (Å²) in [6.07, 6.45) is 0. The zero-order chi connectivity index (χ0) is 12.8. The Morgan fingerprint density at radius 1 is 1.39 bits per heavy atom. The molecule has 1 amide bonds. The quantitative estimate of drug-likeness (QED) is 0.481. The highest BCUT2D eigenvalue weighted by molar-refractivity contribution is 5.96. The third kappa shape index (κ3) is 3.97. The van der Waals surface area contributed by atoms with E-state index in [-0.39, 0.29) is 24.0 Å². The standard InChI is InChI=1S/C11H15N3O3.ClH/c1-8-9(11(15)13-7-6-12-2)4-3-5-10(8)14(16)17;/h3-5,12H,6-7H2,1-2H3,(H,13,15);1H. The van der Waals surface area contributed by atoms with E-state index in [4.69, 9.17) is 0 Å². The van der Waals surface area contributed by atoms with Crippen LogP contribution in [0.3, 0.4) is 0 Å². The van der Waals surface area contributed by atoms with Crippen LogP contribution in [0.25, 0.3) is 0 Å². The lowest BCUT2D eigenvalue weighted by Crippen LogP contribution is -2.30. The number of carbonyl (C=O) groups is 1. The molecular weight excluding hydrogens is 258 g/mol. The van der Waals surface area contributed by atoms with Crippen molar-refractivity contribution in [1.82, 2.24) is 10.6 Å². The summed E-state index contributed by atoms with van der Waals surface area (Å²) in [7, 11) is 1.78. The number of amides is 1. The molecule has 1 aromatic rings. The summed E-state index contributed by atoms with van der Waals surface area (Å²) in [6.45, 7) is 2.71. The maximum atomic E-state index is 11.8. The molecule has 0 aliphatic carbocycles. The Bertz CT molecular complexity index is 438. The summed E-state index contributed by atoms with van der Waals surface area (Å²) in [5.41, 5.74) is 0.695. The Morgan fingerprint density at radius 3 is 2.61 bits per heavy atom. The monoisotopic (exact) mass is 273 g/mol. The van der Waals surface area contributed by atoms with Crippen LogP contribution in [-0.2, 0) is 0 Å². The Morgan fingerprint density at radius 2 is 2.06 bits per heavy atom. The predicted octanol–water partition coefficient (Wildman–Crippen LogP) is 1.27. The Hall–Kier alpha value is -1.66. The molecule has 7 heteroatoms. The number of halogens is 1. The molecule has 0 aromatic heterocycles. The second-order valence-electron chi connectivity index (χ2n) is 3.57. The molecule has 18 heavy (non-hydrogen) atoms. The number of rotatable bonds is 5. The van der Waals surface area contributed by atoms with Gasteiger partial charge in [-0.3, -0.25) is 14.9 Å². The van der Waals surface area contributed by atoms with Gasteiger partial charge in [0.25, 0.3) is 11.6 Å². The number of benzene rings is 1. The first kappa shape index (κ1) is 16.3. The highest BCUT2D eigenvalue weighted by Gasteiger charge is 2.17. The van der Waals surface area contributed by atoms with Crippen LogP contribution in [0.5, 0.6) is 0 Å². The molecule has 0 bridgehead atoms. The van der Waals surface area contributed by atoms with Crippen molar-refractivity contribution in [2.24, 2.45) is 0 Å². The van der Waals surface area contributed by atoms with Gasteiger partial charge in [0.1, 0.15) is 0 Å². The van der Waals surface area contributed by atoms with Gasteiger partial charge in [0.15, 0.2) is 0 Å². The summed E-state index contributed by atoms with van der Waals surface area (Å²) in [5, 5.41) is 16.3. The van der Waals surface area contributed by atoms with Crippen molar-refractivity contribution in [3.8, 4) is 0 Å². The van der Waals surface area contributed by atoms with E-state index in [1.807, 2.05) is 0 Å². The molecule has 0 unspecified atom stereocenters. The van der Waals surface area contributed by atoms with Gasteiger partial charge in [-0.2, -0.15) is 0 Å². The first-order chi connectivity index (χ1) is 8.07. The maximum absolute atomic E-state index is 11.8. The van der Waals surface area contributed by atoms with E-state index in [9.17, 15) is 14.9 Å². The zero-order valence-corrected chi connectivity index (χ0v) is 11.0. The van der Waals surface area contributed by atoms with Crippen LogP contribution in [-0.4, -0.2) is 31.0 Å². The molecule has 0 aliphatic rings. The average molecular weight is 274 g/mol. The van der Waals surface area contributed by atoms with Crippen molar-refractivity contribution in [3.63, 3.8) is 0 Å². The molecule has 2 N–H and O–H groups in total. The molecule has 0 fully saturated rings. The van der Waals surface area contributed by atoms with Gasteiger partial charge >= 0.3 is 0 Å². The largest absolute Gasteiger partial charge is 0.351 e. The summed E-state index contributed by atoms with van der Waals surface area (Å²) in [6, 6.07) is 4.48. The van der Waals surface area contributed by atoms with Gasteiger partial charge < -0.3 is 10.6 Å². The second-order valence-corrected chi connectivity index (χ2v) is 3.57. The first-order valence-corrected chi connectivity index (χ1v) is 5.24. The van der Waals surface area contributed by atoms with Crippen LogP contribution in [0.15, 0.2) is 18.2 Å². The fraction of sp³-hybridized carbons (Fsp3) is 0.364. The van der Waals surface area contributed by atoms with Crippen molar-refractivity contribution in [2.75, 3.05) is 20.1 Å². The number of likely N-dealkylation sites (N-methyl/N-ethyl adjacent to an activating group) is 1. The third-order valence-corrected chi connectivity index (χ3v) is 2.41. The van der Waals surface area contributed by atoms with E-state index in [2.05, 4.69) is 10.6 Å². The Kier molecular flexibility index (Phi) is 6.92. The van der Waals surface area contributed by atoms with E-state index < -0.39 is 4.92 Å². The molecule has 0 aliphatic heterocycles. The van der Waals surface area contributed by atoms with Crippen molar-refractivity contribution >= 4 is 24.0 Å². The Balaban J connectivity index is 0.00000289. The van der Waals surface area contributed by atoms with Crippen LogP contribution in [0.2, 0.25) is 0 Å². The highest BCUT2D eigenvalue weighted by atomic mass is 35.5. The van der Waals surface area contributed by atoms with Crippen molar-refractivity contribution in [2.45, 2.75) is 6.92 Å². The molecule has 0 radical (unpaired) electrons. The van der Waals surface area contributed by atoms with Gasteiger partial charge in [-0.15, -0.1) is 12.4 Å². The van der Waals surface area contributed by atoms with Gasteiger partial charge in [-0.05, 0) is 20.0 Å². The van der Waals surface area contributed by atoms with E-state index in [1.165, 1.54) is 12.1 Å². The first-order valence-electron chi connectivity index (χ1n) is 5.24. The highest BCUT2D eigenvalue weighted by Crippen LogP contribution is 2.20. The van der Waals surface area contributed by atoms with Crippen molar-refractivity contribution in [3.05, 3.63) is 39.4 Å². The summed E-state index contributed by atoms with van der Waals surface area (Å²) in [5.74, 6) is -0.290. The van der Waals surface area contributed by atoms with Crippen LogP contribution in [0.1, 0.15) is 15.9 Å². The second kappa shape index (κ2) is 7.62. The van der Waals surface area contributed by atoms with Gasteiger partial charge in [-0.25, -0.2) is 0 Å². The third-order valence-electron chi connectivity index (χ3n) is 2.41. The van der Waals surface area contributed by atoms with Crippen LogP contribution < -0.4 is 10.6 Å². The number of hydrogen-bond acceptors (Lipinski definition) is 4. The maximum Gasteiger partial charge on any atom is 0.273 e. The van der Waals surface area contributed by atoms with Crippen LogP contribution >= 0.6 is 12.4 Å². The number of carbonyl (C=O) groups excluding carboxylic acids is 1. The zero-order valence-electron chi connectivity index (χ0n) is 10.2. The van der Waals surface area contributed by atoms with Gasteiger partial charge in [0, 0.05) is 30.3 Å². The number of hydrogen-bond donors (Lipinski definition) is 2. The lowest BCUT2D eigenvalue weighted by molar-refractivity contribution is -0.385. The average Bonchev–Trinajstić information content (AvgIpc) is 2.29. The van der Waals surface area contributed by atoms with E-state index in [0.29, 0.717) is 24.2 Å². The molecule has 1 rings (SSSR count). The minimum atomic E-state index is -0.486. The molecule has 0 saturated heterocycles. The molecule has 0 saturated carbocycles. The molecule has 0 heterocycles. The minimum absolute atomic E-state index is 0. The lowest BCUT2D eigenvalue weighted by Gasteiger charge is -2.07. The van der Waals surface area contributed by atoms with Gasteiger partial charge in [0.2, 0.25) is 0 Å². The molecule has 1 aromatic carbocycles. The van der Waals surface area contributed by atoms with Crippen LogP contribution in [0.4, 0.5) is 5.69 Å². The Labute approximate surface area is 111 Å². The smallest absolute Gasteiger partial charge is 0.273 e. The molecule has 0 atom stereocenters. The number of nitro benzene ring substituents is 1. The molecule has 100 valence electrons. The minimum Gasteiger partial charge on any atom is -0.351 e. The summed E-state index contributed by atoms with van der Waals surface area (Å²) >= 11 is 0. The lowest BCUT2D eigenvalue weighted by atomic mass is 10.1. The van der Waals surface area contributed by atoms with E-state index >= 15 is 0 Å². The molecule has 0 spiro atoms.